The smallest absolute Gasteiger partial charge is 0.264 e. The van der Waals surface area contributed by atoms with E-state index in [-0.39, 0.29) is 29.1 Å². The first-order valence-electron chi connectivity index (χ1n) is 14.9. The Balaban J connectivity index is 1.76. The summed E-state index contributed by atoms with van der Waals surface area (Å²) in [6, 6.07) is 17.4. The number of rotatable bonds is 13. The van der Waals surface area contributed by atoms with E-state index < -0.39 is 28.5 Å². The first-order valence-corrected chi connectivity index (χ1v) is 17.1. The molecule has 11 heteroatoms. The monoisotopic (exact) mass is 659 g/mol. The maximum absolute atomic E-state index is 14.4. The van der Waals surface area contributed by atoms with Crippen LogP contribution in [0.15, 0.2) is 71.6 Å². The summed E-state index contributed by atoms with van der Waals surface area (Å²) in [6.07, 6.45) is 4.18. The Morgan fingerprint density at radius 2 is 1.66 bits per heavy atom. The molecule has 0 heterocycles. The van der Waals surface area contributed by atoms with Crippen LogP contribution in [0.1, 0.15) is 57.1 Å². The van der Waals surface area contributed by atoms with Crippen molar-refractivity contribution in [2.75, 3.05) is 17.5 Å². The van der Waals surface area contributed by atoms with Crippen molar-refractivity contribution in [3.8, 4) is 5.75 Å². The molecular weight excluding hydrogens is 621 g/mol. The van der Waals surface area contributed by atoms with Crippen LogP contribution in [0, 0.1) is 6.92 Å². The Hall–Kier alpha value is -3.27. The SMILES string of the molecule is CCOc1ccccc1N(CC(=O)N(Cc1ccc(Cl)c(Cl)c1)C(CC)C(=O)NC1CCCC1)S(=O)(=O)c1ccc(C)cc1. The van der Waals surface area contributed by atoms with E-state index in [1.165, 1.54) is 17.0 Å². The average Bonchev–Trinajstić information content (AvgIpc) is 3.51. The van der Waals surface area contributed by atoms with Crippen LogP contribution in [0.2, 0.25) is 10.0 Å². The highest BCUT2D eigenvalue weighted by molar-refractivity contribution is 7.92. The average molecular weight is 661 g/mol. The van der Waals surface area contributed by atoms with E-state index in [0.29, 0.717) is 34.4 Å². The fourth-order valence-corrected chi connectivity index (χ4v) is 7.16. The molecule has 1 atom stereocenters. The number of hydrogen-bond donors (Lipinski definition) is 1. The topological polar surface area (TPSA) is 96.0 Å². The van der Waals surface area contributed by atoms with E-state index in [9.17, 15) is 18.0 Å². The molecule has 1 unspecified atom stereocenters. The Labute approximate surface area is 270 Å². The Kier molecular flexibility index (Phi) is 11.6. The molecular formula is C33H39Cl2N3O5S. The standard InChI is InChI=1S/C33H39Cl2N3O5S/c1-4-29(33(40)36-25-10-6-7-11-25)37(21-24-16-19-27(34)28(35)20-24)32(39)22-38(30-12-8-9-13-31(30)43-5-2)44(41,42)26-17-14-23(3)15-18-26/h8-9,12-20,25,29H,4-7,10-11,21-22H2,1-3H3,(H,36,40). The zero-order valence-electron chi connectivity index (χ0n) is 25.3. The summed E-state index contributed by atoms with van der Waals surface area (Å²) in [6.45, 7) is 5.26. The quantitative estimate of drug-likeness (QED) is 0.219. The molecule has 8 nitrogen and oxygen atoms in total. The van der Waals surface area contributed by atoms with Crippen LogP contribution in [-0.2, 0) is 26.2 Å². The second kappa shape index (κ2) is 15.1. The maximum atomic E-state index is 14.4. The maximum Gasteiger partial charge on any atom is 0.264 e. The summed E-state index contributed by atoms with van der Waals surface area (Å²) in [4.78, 5) is 29.5. The molecule has 236 valence electrons. The molecule has 1 fully saturated rings. The highest BCUT2D eigenvalue weighted by Crippen LogP contribution is 2.33. The molecule has 0 aromatic heterocycles. The van der Waals surface area contributed by atoms with Gasteiger partial charge in [0.05, 0.1) is 27.2 Å². The number of hydrogen-bond acceptors (Lipinski definition) is 5. The van der Waals surface area contributed by atoms with Crippen LogP contribution in [0.25, 0.3) is 0 Å². The number of benzene rings is 3. The van der Waals surface area contributed by atoms with Gasteiger partial charge in [0.25, 0.3) is 10.0 Å². The van der Waals surface area contributed by atoms with Crippen molar-refractivity contribution in [2.45, 2.75) is 76.4 Å². The van der Waals surface area contributed by atoms with E-state index in [1.54, 1.807) is 61.5 Å². The number of carbonyl (C=O) groups excluding carboxylic acids is 2. The third-order valence-electron chi connectivity index (χ3n) is 7.75. The van der Waals surface area contributed by atoms with Gasteiger partial charge in [-0.2, -0.15) is 0 Å². The first kappa shape index (κ1) is 33.6. The largest absolute Gasteiger partial charge is 0.492 e. The van der Waals surface area contributed by atoms with Crippen LogP contribution in [0.4, 0.5) is 5.69 Å². The summed E-state index contributed by atoms with van der Waals surface area (Å²) >= 11 is 12.4. The molecule has 0 radical (unpaired) electrons. The molecule has 2 amide bonds. The van der Waals surface area contributed by atoms with Crippen molar-refractivity contribution in [2.24, 2.45) is 0 Å². The molecule has 44 heavy (non-hydrogen) atoms. The predicted molar refractivity (Wildman–Crippen MR) is 175 cm³/mol. The van der Waals surface area contributed by atoms with Gasteiger partial charge in [-0.1, -0.05) is 78.9 Å². The number of ether oxygens (including phenoxy) is 1. The van der Waals surface area contributed by atoms with Gasteiger partial charge in [0, 0.05) is 12.6 Å². The molecule has 1 aliphatic rings. The number of para-hydroxylation sites is 2. The minimum Gasteiger partial charge on any atom is -0.492 e. The Morgan fingerprint density at radius 3 is 2.30 bits per heavy atom. The summed E-state index contributed by atoms with van der Waals surface area (Å²) < 4.78 is 35.2. The number of nitrogens with zero attached hydrogens (tertiary/aromatic N) is 2. The van der Waals surface area contributed by atoms with E-state index in [1.807, 2.05) is 13.8 Å². The first-order chi connectivity index (χ1) is 21.0. The number of carbonyl (C=O) groups is 2. The summed E-state index contributed by atoms with van der Waals surface area (Å²) in [5.74, 6) is -0.498. The van der Waals surface area contributed by atoms with E-state index >= 15 is 0 Å². The molecule has 1 N–H and O–H groups in total. The lowest BCUT2D eigenvalue weighted by Crippen LogP contribution is -2.53. The molecule has 1 saturated carbocycles. The van der Waals surface area contributed by atoms with Gasteiger partial charge in [-0.3, -0.25) is 13.9 Å². The van der Waals surface area contributed by atoms with Crippen molar-refractivity contribution < 1.29 is 22.7 Å². The van der Waals surface area contributed by atoms with Gasteiger partial charge in [-0.15, -0.1) is 0 Å². The molecule has 4 rings (SSSR count). The predicted octanol–water partition coefficient (Wildman–Crippen LogP) is 6.76. The fourth-order valence-electron chi connectivity index (χ4n) is 5.41. The zero-order chi connectivity index (χ0) is 31.9. The van der Waals surface area contributed by atoms with Crippen LogP contribution in [-0.4, -0.2) is 50.4 Å². The fraction of sp³-hybridized carbons (Fsp3) is 0.394. The molecule has 0 saturated heterocycles. The minimum absolute atomic E-state index is 0.0256. The molecule has 0 bridgehead atoms. The van der Waals surface area contributed by atoms with Crippen molar-refractivity contribution in [3.05, 3.63) is 87.9 Å². The second-order valence-electron chi connectivity index (χ2n) is 10.9. The lowest BCUT2D eigenvalue weighted by molar-refractivity contribution is -0.140. The van der Waals surface area contributed by atoms with Gasteiger partial charge >= 0.3 is 0 Å². The van der Waals surface area contributed by atoms with E-state index in [4.69, 9.17) is 27.9 Å². The zero-order valence-corrected chi connectivity index (χ0v) is 27.6. The van der Waals surface area contributed by atoms with Gasteiger partial charge in [-0.05, 0) is 75.1 Å². The summed E-state index contributed by atoms with van der Waals surface area (Å²) in [5.41, 5.74) is 1.77. The lowest BCUT2D eigenvalue weighted by Gasteiger charge is -2.34. The van der Waals surface area contributed by atoms with Gasteiger partial charge < -0.3 is 15.0 Å². The molecule has 0 aliphatic heterocycles. The molecule has 0 spiro atoms. The van der Waals surface area contributed by atoms with Gasteiger partial charge in [0.2, 0.25) is 11.8 Å². The number of anilines is 1. The van der Waals surface area contributed by atoms with Crippen molar-refractivity contribution in [1.29, 1.82) is 0 Å². The number of aryl methyl sites for hydroxylation is 1. The Morgan fingerprint density at radius 1 is 0.977 bits per heavy atom. The van der Waals surface area contributed by atoms with Crippen molar-refractivity contribution in [1.82, 2.24) is 10.2 Å². The third-order valence-corrected chi connectivity index (χ3v) is 10.3. The Bertz CT molecular complexity index is 1560. The van der Waals surface area contributed by atoms with Crippen LogP contribution < -0.4 is 14.4 Å². The van der Waals surface area contributed by atoms with Crippen LogP contribution in [0.3, 0.4) is 0 Å². The van der Waals surface area contributed by atoms with Gasteiger partial charge in [-0.25, -0.2) is 8.42 Å². The van der Waals surface area contributed by atoms with Gasteiger partial charge in [0.15, 0.2) is 0 Å². The summed E-state index contributed by atoms with van der Waals surface area (Å²) in [7, 11) is -4.23. The number of nitrogens with one attached hydrogen (secondary N) is 1. The van der Waals surface area contributed by atoms with Crippen molar-refractivity contribution >= 4 is 50.7 Å². The van der Waals surface area contributed by atoms with Crippen LogP contribution >= 0.6 is 23.2 Å². The van der Waals surface area contributed by atoms with E-state index in [0.717, 1.165) is 35.6 Å². The van der Waals surface area contributed by atoms with E-state index in [2.05, 4.69) is 5.32 Å². The highest BCUT2D eigenvalue weighted by atomic mass is 35.5. The summed E-state index contributed by atoms with van der Waals surface area (Å²) in [5, 5.41) is 3.79. The highest BCUT2D eigenvalue weighted by Gasteiger charge is 2.35. The van der Waals surface area contributed by atoms with Crippen LogP contribution in [0.5, 0.6) is 5.75 Å². The number of halogens is 2. The third kappa shape index (κ3) is 8.06. The molecule has 3 aromatic rings. The van der Waals surface area contributed by atoms with Gasteiger partial charge in [0.1, 0.15) is 18.3 Å². The molecule has 3 aromatic carbocycles. The normalized spacial score (nSPS) is 14.2. The molecule has 1 aliphatic carbocycles. The number of amides is 2. The lowest BCUT2D eigenvalue weighted by atomic mass is 10.1. The minimum atomic E-state index is -4.23. The second-order valence-corrected chi connectivity index (χ2v) is 13.6. The number of sulfonamides is 1. The van der Waals surface area contributed by atoms with Crippen molar-refractivity contribution in [3.63, 3.8) is 0 Å².